The Labute approximate surface area is 131 Å². The van der Waals surface area contributed by atoms with E-state index in [4.69, 9.17) is 5.73 Å². The molecule has 20 heavy (non-hydrogen) atoms. The molecular weight excluding hydrogens is 272 g/mol. The summed E-state index contributed by atoms with van der Waals surface area (Å²) >= 11 is 0. The number of hydrogen-bond acceptors (Lipinski definition) is 2. The van der Waals surface area contributed by atoms with Gasteiger partial charge in [-0.3, -0.25) is 4.79 Å². The highest BCUT2D eigenvalue weighted by Gasteiger charge is 2.45. The summed E-state index contributed by atoms with van der Waals surface area (Å²) in [7, 11) is 1.94. The van der Waals surface area contributed by atoms with Crippen LogP contribution in [0.3, 0.4) is 0 Å². The maximum absolute atomic E-state index is 12.7. The molecule has 0 radical (unpaired) electrons. The van der Waals surface area contributed by atoms with Gasteiger partial charge in [-0.15, -0.1) is 12.4 Å². The maximum Gasteiger partial charge on any atom is 0.228 e. The molecule has 2 N–H and O–H groups in total. The summed E-state index contributed by atoms with van der Waals surface area (Å²) < 4.78 is 0. The first-order valence-corrected chi connectivity index (χ1v) is 7.79. The first kappa shape index (κ1) is 19.7. The van der Waals surface area contributed by atoms with Gasteiger partial charge in [-0.25, -0.2) is 0 Å². The molecule has 0 heterocycles. The van der Waals surface area contributed by atoms with Crippen LogP contribution in [0, 0.1) is 17.3 Å². The summed E-state index contributed by atoms with van der Waals surface area (Å²) in [5.41, 5.74) is 6.01. The number of rotatable bonds is 7. The van der Waals surface area contributed by atoms with Gasteiger partial charge >= 0.3 is 0 Å². The first-order chi connectivity index (χ1) is 8.78. The minimum Gasteiger partial charge on any atom is -0.345 e. The number of hydrogen-bond donors (Lipinski definition) is 1. The summed E-state index contributed by atoms with van der Waals surface area (Å²) in [5.74, 6) is 1.43. The van der Waals surface area contributed by atoms with Crippen molar-refractivity contribution in [3.8, 4) is 0 Å². The summed E-state index contributed by atoms with van der Waals surface area (Å²) in [6.45, 7) is 9.49. The molecule has 120 valence electrons. The second-order valence-corrected chi connectivity index (χ2v) is 7.16. The van der Waals surface area contributed by atoms with Crippen LogP contribution < -0.4 is 5.73 Å². The number of carbonyl (C=O) groups is 1. The Hall–Kier alpha value is -0.280. The fourth-order valence-corrected chi connectivity index (χ4v) is 3.07. The molecule has 0 aromatic heterocycles. The normalized spacial score (nSPS) is 18.4. The Balaban J connectivity index is 0.00000361. The Bertz CT molecular complexity index is 301. The van der Waals surface area contributed by atoms with E-state index in [0.29, 0.717) is 17.7 Å². The number of halogens is 1. The first-order valence-electron chi connectivity index (χ1n) is 7.79. The lowest BCUT2D eigenvalue weighted by atomic mass is 9.63. The van der Waals surface area contributed by atoms with E-state index in [9.17, 15) is 4.79 Å². The van der Waals surface area contributed by atoms with Gasteiger partial charge in [0.1, 0.15) is 0 Å². The van der Waals surface area contributed by atoms with Crippen molar-refractivity contribution in [2.24, 2.45) is 23.0 Å². The smallest absolute Gasteiger partial charge is 0.228 e. The number of nitrogens with two attached hydrogens (primary N) is 1. The molecule has 1 atom stereocenters. The fourth-order valence-electron chi connectivity index (χ4n) is 3.07. The largest absolute Gasteiger partial charge is 0.345 e. The third-order valence-corrected chi connectivity index (χ3v) is 4.56. The van der Waals surface area contributed by atoms with Crippen LogP contribution in [-0.4, -0.2) is 30.4 Å². The van der Waals surface area contributed by atoms with E-state index in [1.54, 1.807) is 0 Å². The summed E-state index contributed by atoms with van der Waals surface area (Å²) in [6.07, 6.45) is 5.29. The van der Waals surface area contributed by atoms with Crippen LogP contribution in [0.4, 0.5) is 0 Å². The summed E-state index contributed by atoms with van der Waals surface area (Å²) in [5, 5.41) is 0. The lowest BCUT2D eigenvalue weighted by Gasteiger charge is -2.44. The van der Waals surface area contributed by atoms with E-state index in [2.05, 4.69) is 27.7 Å². The van der Waals surface area contributed by atoms with Crippen molar-refractivity contribution in [3.63, 3.8) is 0 Å². The van der Waals surface area contributed by atoms with Gasteiger partial charge in [-0.1, -0.05) is 34.1 Å². The molecule has 0 bridgehead atoms. The lowest BCUT2D eigenvalue weighted by Crippen LogP contribution is -2.48. The molecule has 1 aliphatic rings. The molecule has 0 aromatic rings. The van der Waals surface area contributed by atoms with Gasteiger partial charge in [0.15, 0.2) is 0 Å². The molecule has 1 amide bonds. The Kier molecular flexibility index (Phi) is 8.12. The fraction of sp³-hybridized carbons (Fsp3) is 0.938. The van der Waals surface area contributed by atoms with Crippen molar-refractivity contribution < 1.29 is 4.79 Å². The van der Waals surface area contributed by atoms with Gasteiger partial charge in [-0.2, -0.15) is 0 Å². The lowest BCUT2D eigenvalue weighted by molar-refractivity contribution is -0.147. The molecule has 1 saturated carbocycles. The van der Waals surface area contributed by atoms with Gasteiger partial charge in [0.2, 0.25) is 5.91 Å². The van der Waals surface area contributed by atoms with Crippen LogP contribution >= 0.6 is 12.4 Å². The zero-order chi connectivity index (χ0) is 14.6. The van der Waals surface area contributed by atoms with Crippen molar-refractivity contribution in [3.05, 3.63) is 0 Å². The van der Waals surface area contributed by atoms with E-state index in [0.717, 1.165) is 32.2 Å². The average molecular weight is 305 g/mol. The minimum atomic E-state index is -0.0508. The zero-order valence-electron chi connectivity index (χ0n) is 13.8. The molecule has 3 nitrogen and oxygen atoms in total. The zero-order valence-corrected chi connectivity index (χ0v) is 14.6. The maximum atomic E-state index is 12.7. The predicted octanol–water partition coefficient (Wildman–Crippen LogP) is 3.46. The summed E-state index contributed by atoms with van der Waals surface area (Å²) in [6, 6.07) is 0.192. The summed E-state index contributed by atoms with van der Waals surface area (Å²) in [4.78, 5) is 14.6. The van der Waals surface area contributed by atoms with Crippen molar-refractivity contribution in [1.29, 1.82) is 0 Å². The quantitative estimate of drug-likeness (QED) is 0.783. The van der Waals surface area contributed by atoms with Crippen LogP contribution in [0.15, 0.2) is 0 Å². The Morgan fingerprint density at radius 3 is 2.15 bits per heavy atom. The molecule has 1 rings (SSSR count). The third kappa shape index (κ3) is 4.92. The van der Waals surface area contributed by atoms with Crippen LogP contribution in [0.2, 0.25) is 0 Å². The highest BCUT2D eigenvalue weighted by Crippen LogP contribution is 2.47. The number of nitrogens with zero attached hydrogens (tertiary/aromatic N) is 1. The van der Waals surface area contributed by atoms with Crippen molar-refractivity contribution in [2.45, 2.75) is 65.8 Å². The van der Waals surface area contributed by atoms with Crippen molar-refractivity contribution >= 4 is 18.3 Å². The van der Waals surface area contributed by atoms with Crippen molar-refractivity contribution in [2.75, 3.05) is 13.6 Å². The molecule has 0 spiro atoms. The van der Waals surface area contributed by atoms with Crippen LogP contribution in [0.25, 0.3) is 0 Å². The second kappa shape index (κ2) is 8.23. The van der Waals surface area contributed by atoms with Gasteiger partial charge in [-0.05, 0) is 37.5 Å². The van der Waals surface area contributed by atoms with E-state index in [-0.39, 0.29) is 23.9 Å². The molecule has 4 heteroatoms. The van der Waals surface area contributed by atoms with Crippen LogP contribution in [-0.2, 0) is 4.79 Å². The van der Waals surface area contributed by atoms with E-state index < -0.39 is 0 Å². The van der Waals surface area contributed by atoms with E-state index >= 15 is 0 Å². The molecule has 1 unspecified atom stereocenters. The molecule has 0 saturated heterocycles. The van der Waals surface area contributed by atoms with Crippen LogP contribution in [0.5, 0.6) is 0 Å². The Morgan fingerprint density at radius 2 is 1.80 bits per heavy atom. The van der Waals surface area contributed by atoms with Gasteiger partial charge in [0.05, 0.1) is 0 Å². The third-order valence-electron chi connectivity index (χ3n) is 4.56. The average Bonchev–Trinajstić information content (AvgIpc) is 2.28. The molecule has 1 fully saturated rings. The molecule has 0 aliphatic heterocycles. The topological polar surface area (TPSA) is 46.3 Å². The molecule has 1 aliphatic carbocycles. The molecular formula is C16H33ClN2O. The van der Waals surface area contributed by atoms with Gasteiger partial charge < -0.3 is 10.6 Å². The predicted molar refractivity (Wildman–Crippen MR) is 88.1 cm³/mol. The highest BCUT2D eigenvalue weighted by molar-refractivity contribution is 5.85. The van der Waals surface area contributed by atoms with E-state index in [1.807, 2.05) is 11.9 Å². The van der Waals surface area contributed by atoms with E-state index in [1.165, 1.54) is 6.42 Å². The number of carbonyl (C=O) groups excluding carboxylic acids is 1. The highest BCUT2D eigenvalue weighted by atomic mass is 35.5. The van der Waals surface area contributed by atoms with Gasteiger partial charge in [0, 0.05) is 25.0 Å². The van der Waals surface area contributed by atoms with Crippen LogP contribution in [0.1, 0.15) is 59.8 Å². The standard InChI is InChI=1S/C16H32N2O.ClH/c1-12(2)11-16(8-6-9-16)15(19)18(5)10-7-14(17)13(3)4;/h12-14H,6-11,17H2,1-5H3;1H. The number of amides is 1. The SMILES string of the molecule is CC(C)CC1(C(=O)N(C)CCC(N)C(C)C)CCC1.Cl. The monoisotopic (exact) mass is 304 g/mol. The second-order valence-electron chi connectivity index (χ2n) is 7.16. The minimum absolute atomic E-state index is 0. The molecule has 0 aromatic carbocycles. The van der Waals surface area contributed by atoms with Crippen molar-refractivity contribution in [1.82, 2.24) is 4.90 Å². The Morgan fingerprint density at radius 1 is 1.25 bits per heavy atom. The van der Waals surface area contributed by atoms with Gasteiger partial charge in [0.25, 0.3) is 0 Å².